The van der Waals surface area contributed by atoms with Crippen molar-refractivity contribution in [2.45, 2.75) is 0 Å². The number of carbonyl (C=O) groups excluding carboxylic acids is 1. The van der Waals surface area contributed by atoms with Gasteiger partial charge >= 0.3 is 0 Å². The fourth-order valence-corrected chi connectivity index (χ4v) is 3.71. The first-order valence-corrected chi connectivity index (χ1v) is 10.2. The number of nitrogens with zero attached hydrogens (tertiary/aromatic N) is 1. The summed E-state index contributed by atoms with van der Waals surface area (Å²) in [6.07, 6.45) is 0. The molecule has 1 heterocycles. The van der Waals surface area contributed by atoms with Crippen LogP contribution in [0.5, 0.6) is 5.75 Å². The standard InChI is InChI=1S/C23H17ClN2O2S/c24-19-8-4-5-9-21(19)28-14-22(27)26-23-25-20(15-29-23)18-12-10-17(11-13-18)16-6-2-1-3-7-16/h1-13,15H,14H2,(H,25,26,27). The van der Waals surface area contributed by atoms with E-state index in [9.17, 15) is 4.79 Å². The van der Waals surface area contributed by atoms with Gasteiger partial charge in [0.2, 0.25) is 0 Å². The Labute approximate surface area is 177 Å². The zero-order valence-corrected chi connectivity index (χ0v) is 16.9. The number of halogens is 1. The van der Waals surface area contributed by atoms with E-state index in [1.807, 2.05) is 35.7 Å². The Morgan fingerprint density at radius 2 is 1.55 bits per heavy atom. The fourth-order valence-electron chi connectivity index (χ4n) is 2.79. The Morgan fingerprint density at radius 3 is 2.31 bits per heavy atom. The number of aromatic nitrogens is 1. The van der Waals surface area contributed by atoms with Gasteiger partial charge in [0.05, 0.1) is 10.7 Å². The molecule has 1 N–H and O–H groups in total. The van der Waals surface area contributed by atoms with E-state index in [0.717, 1.165) is 16.8 Å². The molecule has 0 bridgehead atoms. The minimum Gasteiger partial charge on any atom is -0.482 e. The third-order valence-corrected chi connectivity index (χ3v) is 5.30. The fraction of sp³-hybridized carbons (Fsp3) is 0.0435. The second-order valence-corrected chi connectivity index (χ2v) is 7.51. The topological polar surface area (TPSA) is 51.2 Å². The molecule has 0 aliphatic rings. The van der Waals surface area contributed by atoms with Crippen LogP contribution in [0.4, 0.5) is 5.13 Å². The van der Waals surface area contributed by atoms with Gasteiger partial charge in [-0.15, -0.1) is 11.3 Å². The molecule has 4 nitrogen and oxygen atoms in total. The van der Waals surface area contributed by atoms with Gasteiger partial charge in [-0.05, 0) is 23.3 Å². The average molecular weight is 421 g/mol. The van der Waals surface area contributed by atoms with Gasteiger partial charge in [-0.2, -0.15) is 0 Å². The quantitative estimate of drug-likeness (QED) is 0.407. The van der Waals surface area contributed by atoms with Gasteiger partial charge in [-0.25, -0.2) is 4.98 Å². The largest absolute Gasteiger partial charge is 0.482 e. The highest BCUT2D eigenvalue weighted by atomic mass is 35.5. The molecule has 0 saturated carbocycles. The Hall–Kier alpha value is -3.15. The summed E-state index contributed by atoms with van der Waals surface area (Å²) in [6, 6.07) is 25.4. The van der Waals surface area contributed by atoms with Gasteiger partial charge in [-0.1, -0.05) is 78.3 Å². The van der Waals surface area contributed by atoms with Crippen LogP contribution in [-0.4, -0.2) is 17.5 Å². The highest BCUT2D eigenvalue weighted by Crippen LogP contribution is 2.28. The lowest BCUT2D eigenvalue weighted by Gasteiger charge is -2.07. The van der Waals surface area contributed by atoms with Crippen LogP contribution in [0, 0.1) is 0 Å². The maximum Gasteiger partial charge on any atom is 0.264 e. The molecule has 0 aliphatic heterocycles. The van der Waals surface area contributed by atoms with Crippen LogP contribution in [0.3, 0.4) is 0 Å². The molecule has 0 saturated heterocycles. The molecule has 1 aromatic heterocycles. The third-order valence-electron chi connectivity index (χ3n) is 4.23. The predicted molar refractivity (Wildman–Crippen MR) is 119 cm³/mol. The molecule has 29 heavy (non-hydrogen) atoms. The minimum absolute atomic E-state index is 0.135. The molecule has 0 fully saturated rings. The first-order chi connectivity index (χ1) is 14.2. The smallest absolute Gasteiger partial charge is 0.264 e. The number of benzene rings is 3. The molecule has 6 heteroatoms. The molecule has 144 valence electrons. The molecule has 0 radical (unpaired) electrons. The van der Waals surface area contributed by atoms with Crippen molar-refractivity contribution in [2.24, 2.45) is 0 Å². The van der Waals surface area contributed by atoms with Gasteiger partial charge in [-0.3, -0.25) is 10.1 Å². The second-order valence-electron chi connectivity index (χ2n) is 6.25. The van der Waals surface area contributed by atoms with Crippen LogP contribution in [0.25, 0.3) is 22.4 Å². The number of nitrogens with one attached hydrogen (secondary N) is 1. The normalized spacial score (nSPS) is 10.5. The Morgan fingerprint density at radius 1 is 0.897 bits per heavy atom. The van der Waals surface area contributed by atoms with E-state index in [1.165, 1.54) is 16.9 Å². The lowest BCUT2D eigenvalue weighted by Crippen LogP contribution is -2.20. The molecule has 0 unspecified atom stereocenters. The summed E-state index contributed by atoms with van der Waals surface area (Å²) in [5.74, 6) is 0.188. The van der Waals surface area contributed by atoms with E-state index in [-0.39, 0.29) is 12.5 Å². The highest BCUT2D eigenvalue weighted by Gasteiger charge is 2.10. The van der Waals surface area contributed by atoms with Crippen LogP contribution in [-0.2, 0) is 4.79 Å². The van der Waals surface area contributed by atoms with Crippen LogP contribution in [0.1, 0.15) is 0 Å². The Kier molecular flexibility index (Phi) is 5.89. The monoisotopic (exact) mass is 420 g/mol. The molecular formula is C23H17ClN2O2S. The zero-order chi connectivity index (χ0) is 20.1. The van der Waals surface area contributed by atoms with Gasteiger partial charge in [0.1, 0.15) is 5.75 Å². The first-order valence-electron chi connectivity index (χ1n) is 8.97. The highest BCUT2D eigenvalue weighted by molar-refractivity contribution is 7.14. The summed E-state index contributed by atoms with van der Waals surface area (Å²) in [5, 5.41) is 5.67. The van der Waals surface area contributed by atoms with Crippen LogP contribution in [0.2, 0.25) is 5.02 Å². The molecular weight excluding hydrogens is 404 g/mol. The van der Waals surface area contributed by atoms with E-state index in [2.05, 4.69) is 34.6 Å². The van der Waals surface area contributed by atoms with Crippen molar-refractivity contribution in [2.75, 3.05) is 11.9 Å². The second kappa shape index (κ2) is 8.90. The number of ether oxygens (including phenoxy) is 1. The number of amides is 1. The summed E-state index contributed by atoms with van der Waals surface area (Å²) in [6.45, 7) is -0.135. The van der Waals surface area contributed by atoms with Gasteiger partial charge in [0.15, 0.2) is 11.7 Å². The van der Waals surface area contributed by atoms with E-state index in [1.54, 1.807) is 24.3 Å². The maximum atomic E-state index is 12.1. The van der Waals surface area contributed by atoms with Crippen LogP contribution < -0.4 is 10.1 Å². The summed E-state index contributed by atoms with van der Waals surface area (Å²) < 4.78 is 5.45. The maximum absolute atomic E-state index is 12.1. The number of hydrogen-bond donors (Lipinski definition) is 1. The first kappa shape index (κ1) is 19.2. The van der Waals surface area contributed by atoms with Crippen molar-refractivity contribution in [3.05, 3.63) is 89.3 Å². The van der Waals surface area contributed by atoms with Crippen molar-refractivity contribution in [1.82, 2.24) is 4.98 Å². The number of anilines is 1. The lowest BCUT2D eigenvalue weighted by molar-refractivity contribution is -0.118. The van der Waals surface area contributed by atoms with Gasteiger partial charge in [0.25, 0.3) is 5.91 Å². The van der Waals surface area contributed by atoms with Gasteiger partial charge < -0.3 is 4.74 Å². The summed E-state index contributed by atoms with van der Waals surface area (Å²) in [7, 11) is 0. The van der Waals surface area contributed by atoms with Crippen molar-refractivity contribution in [1.29, 1.82) is 0 Å². The molecule has 0 aliphatic carbocycles. The van der Waals surface area contributed by atoms with E-state index in [4.69, 9.17) is 16.3 Å². The molecule has 1 amide bonds. The Balaban J connectivity index is 1.38. The zero-order valence-electron chi connectivity index (χ0n) is 15.3. The number of para-hydroxylation sites is 1. The van der Waals surface area contributed by atoms with Crippen molar-refractivity contribution in [3.8, 4) is 28.1 Å². The predicted octanol–water partition coefficient (Wildman–Crippen LogP) is 6.15. The molecule has 4 aromatic rings. The summed E-state index contributed by atoms with van der Waals surface area (Å²) in [4.78, 5) is 16.6. The SMILES string of the molecule is O=C(COc1ccccc1Cl)Nc1nc(-c2ccc(-c3ccccc3)cc2)cs1. The molecule has 0 spiro atoms. The van der Waals surface area contributed by atoms with E-state index < -0.39 is 0 Å². The summed E-state index contributed by atoms with van der Waals surface area (Å²) in [5.41, 5.74) is 4.13. The summed E-state index contributed by atoms with van der Waals surface area (Å²) >= 11 is 7.40. The molecule has 0 atom stereocenters. The van der Waals surface area contributed by atoms with Crippen LogP contribution in [0.15, 0.2) is 84.2 Å². The number of hydrogen-bond acceptors (Lipinski definition) is 4. The van der Waals surface area contributed by atoms with Crippen LogP contribution >= 0.6 is 22.9 Å². The average Bonchev–Trinajstić information content (AvgIpc) is 3.22. The Bertz CT molecular complexity index is 1110. The van der Waals surface area contributed by atoms with E-state index >= 15 is 0 Å². The van der Waals surface area contributed by atoms with Crippen molar-refractivity contribution in [3.63, 3.8) is 0 Å². The lowest BCUT2D eigenvalue weighted by atomic mass is 10.0. The van der Waals surface area contributed by atoms with E-state index in [0.29, 0.717) is 15.9 Å². The van der Waals surface area contributed by atoms with Crippen molar-refractivity contribution < 1.29 is 9.53 Å². The number of carbonyl (C=O) groups is 1. The number of rotatable bonds is 6. The molecule has 4 rings (SSSR count). The van der Waals surface area contributed by atoms with Gasteiger partial charge in [0, 0.05) is 10.9 Å². The van der Waals surface area contributed by atoms with Crippen molar-refractivity contribution >= 4 is 34.0 Å². The number of thiazole rings is 1. The minimum atomic E-state index is -0.287. The molecule has 3 aromatic carbocycles. The third kappa shape index (κ3) is 4.83.